The van der Waals surface area contributed by atoms with E-state index in [-0.39, 0.29) is 11.5 Å². The summed E-state index contributed by atoms with van der Waals surface area (Å²) in [6, 6.07) is 28.0. The van der Waals surface area contributed by atoms with E-state index in [9.17, 15) is 9.59 Å². The Balaban J connectivity index is 1.36. The predicted molar refractivity (Wildman–Crippen MR) is 128 cm³/mol. The number of hydrogen-bond acceptors (Lipinski definition) is 6. The second-order valence-electron chi connectivity index (χ2n) is 7.54. The lowest BCUT2D eigenvalue weighted by Gasteiger charge is -2.05. The summed E-state index contributed by atoms with van der Waals surface area (Å²) in [5.74, 6) is -0.880. The van der Waals surface area contributed by atoms with Crippen LogP contribution in [0.3, 0.4) is 0 Å². The molecule has 5 aromatic rings. The summed E-state index contributed by atoms with van der Waals surface area (Å²) < 4.78 is 1.58. The number of carbonyl (C=O) groups is 2. The van der Waals surface area contributed by atoms with Crippen molar-refractivity contribution in [1.29, 1.82) is 0 Å². The van der Waals surface area contributed by atoms with E-state index < -0.39 is 11.8 Å². The van der Waals surface area contributed by atoms with Crippen LogP contribution in [0.4, 0.5) is 0 Å². The molecule has 0 saturated heterocycles. The van der Waals surface area contributed by atoms with Crippen molar-refractivity contribution >= 4 is 11.8 Å². The minimum absolute atomic E-state index is 0.0851. The van der Waals surface area contributed by atoms with Crippen molar-refractivity contribution in [3.63, 3.8) is 0 Å². The highest BCUT2D eigenvalue weighted by molar-refractivity contribution is 5.97. The van der Waals surface area contributed by atoms with Crippen LogP contribution in [0, 0.1) is 6.92 Å². The topological polar surface area (TPSA) is 120 Å². The van der Waals surface area contributed by atoms with E-state index >= 15 is 0 Å². The monoisotopic (exact) mass is 464 g/mol. The molecule has 3 aromatic carbocycles. The van der Waals surface area contributed by atoms with Gasteiger partial charge in [0.1, 0.15) is 0 Å². The van der Waals surface area contributed by atoms with Crippen molar-refractivity contribution in [1.82, 2.24) is 40.6 Å². The van der Waals surface area contributed by atoms with Crippen molar-refractivity contribution in [2.24, 2.45) is 0 Å². The maximum absolute atomic E-state index is 12.8. The number of hydrazine groups is 1. The summed E-state index contributed by atoms with van der Waals surface area (Å²) in [4.78, 5) is 31.3. The summed E-state index contributed by atoms with van der Waals surface area (Å²) >= 11 is 0. The van der Waals surface area contributed by atoms with Gasteiger partial charge < -0.3 is 0 Å². The lowest BCUT2D eigenvalue weighted by Crippen LogP contribution is -2.42. The molecule has 0 saturated carbocycles. The smallest absolute Gasteiger partial charge is 0.265 e. The van der Waals surface area contributed by atoms with Gasteiger partial charge >= 0.3 is 5.91 Å². The average molecular weight is 464 g/mol. The number of benzene rings is 3. The van der Waals surface area contributed by atoms with Crippen LogP contribution in [-0.2, 0) is 0 Å². The van der Waals surface area contributed by atoms with E-state index in [0.717, 1.165) is 11.3 Å². The van der Waals surface area contributed by atoms with Gasteiger partial charge in [0.25, 0.3) is 5.91 Å². The molecule has 2 aromatic heterocycles. The first-order chi connectivity index (χ1) is 17.1. The molecule has 10 heteroatoms. The van der Waals surface area contributed by atoms with Crippen LogP contribution >= 0.6 is 0 Å². The first-order valence-electron chi connectivity index (χ1n) is 10.8. The number of amides is 2. The third-order valence-corrected chi connectivity index (χ3v) is 5.12. The maximum atomic E-state index is 12.8. The van der Waals surface area contributed by atoms with Gasteiger partial charge in [-0.15, -0.1) is 10.2 Å². The van der Waals surface area contributed by atoms with Crippen LogP contribution in [0.2, 0.25) is 0 Å². The molecule has 5 rings (SSSR count). The van der Waals surface area contributed by atoms with Crippen LogP contribution in [0.15, 0.2) is 91.0 Å². The Labute approximate surface area is 200 Å². The van der Waals surface area contributed by atoms with E-state index in [4.69, 9.17) is 0 Å². The molecule has 0 fully saturated rings. The van der Waals surface area contributed by atoms with Gasteiger partial charge in [0.15, 0.2) is 11.5 Å². The zero-order chi connectivity index (χ0) is 24.2. The van der Waals surface area contributed by atoms with Crippen LogP contribution in [0.5, 0.6) is 0 Å². The summed E-state index contributed by atoms with van der Waals surface area (Å²) in [6.45, 7) is 1.67. The van der Waals surface area contributed by atoms with E-state index in [0.29, 0.717) is 17.2 Å². The van der Waals surface area contributed by atoms with E-state index in [2.05, 4.69) is 31.1 Å². The second kappa shape index (κ2) is 9.40. The van der Waals surface area contributed by atoms with Gasteiger partial charge in [0.05, 0.1) is 17.1 Å². The van der Waals surface area contributed by atoms with Crippen molar-refractivity contribution in [3.8, 4) is 22.8 Å². The van der Waals surface area contributed by atoms with E-state index in [1.54, 1.807) is 11.6 Å². The standard InChI is InChI=1S/C25H20N8O2/c1-17-21(30-33(29-17)20-15-9-4-10-16-20)24(34)27-28-25(35)22-26-23(18-11-5-2-6-12-18)32(31-22)19-13-7-3-8-14-19/h2-16H,1H3,(H,27,34)(H,28,35). The minimum Gasteiger partial charge on any atom is -0.265 e. The number of hydrogen-bond donors (Lipinski definition) is 2. The zero-order valence-corrected chi connectivity index (χ0v) is 18.7. The fourth-order valence-electron chi connectivity index (χ4n) is 3.43. The Hall–Kier alpha value is -5.12. The molecule has 0 aliphatic heterocycles. The van der Waals surface area contributed by atoms with Crippen molar-refractivity contribution < 1.29 is 9.59 Å². The Morgan fingerprint density at radius 1 is 0.686 bits per heavy atom. The minimum atomic E-state index is -0.668. The molecule has 0 radical (unpaired) electrons. The zero-order valence-electron chi connectivity index (χ0n) is 18.7. The van der Waals surface area contributed by atoms with Gasteiger partial charge in [-0.3, -0.25) is 20.4 Å². The molecule has 0 spiro atoms. The van der Waals surface area contributed by atoms with Crippen LogP contribution in [0.25, 0.3) is 22.8 Å². The van der Waals surface area contributed by atoms with E-state index in [1.165, 1.54) is 4.80 Å². The largest absolute Gasteiger partial charge is 0.309 e. The normalized spacial score (nSPS) is 10.7. The fraction of sp³-hybridized carbons (Fsp3) is 0.0400. The summed E-state index contributed by atoms with van der Waals surface area (Å²) in [5, 5.41) is 12.9. The number of aromatic nitrogens is 6. The van der Waals surface area contributed by atoms with Crippen molar-refractivity contribution in [2.45, 2.75) is 6.92 Å². The van der Waals surface area contributed by atoms with Gasteiger partial charge in [0.2, 0.25) is 5.82 Å². The first kappa shape index (κ1) is 21.7. The number of aryl methyl sites for hydroxylation is 1. The summed E-state index contributed by atoms with van der Waals surface area (Å²) in [6.07, 6.45) is 0. The molecule has 0 aliphatic rings. The Bertz CT molecular complexity index is 1420. The number of rotatable bonds is 5. The quantitative estimate of drug-likeness (QED) is 0.386. The molecule has 172 valence electrons. The van der Waals surface area contributed by atoms with Gasteiger partial charge in [-0.05, 0) is 31.2 Å². The fourth-order valence-corrected chi connectivity index (χ4v) is 3.43. The highest BCUT2D eigenvalue weighted by Crippen LogP contribution is 2.21. The first-order valence-corrected chi connectivity index (χ1v) is 10.8. The molecule has 0 atom stereocenters. The van der Waals surface area contributed by atoms with Crippen LogP contribution in [-0.4, -0.2) is 41.6 Å². The van der Waals surface area contributed by atoms with Gasteiger partial charge in [0, 0.05) is 5.56 Å². The highest BCUT2D eigenvalue weighted by Gasteiger charge is 2.21. The SMILES string of the molecule is Cc1nn(-c2ccccc2)nc1C(=O)NNC(=O)c1nc(-c2ccccc2)n(-c2ccccc2)n1. The van der Waals surface area contributed by atoms with Crippen LogP contribution < -0.4 is 10.9 Å². The number of para-hydroxylation sites is 2. The van der Waals surface area contributed by atoms with Gasteiger partial charge in [-0.25, -0.2) is 9.67 Å². The maximum Gasteiger partial charge on any atom is 0.309 e. The number of nitrogens with zero attached hydrogens (tertiary/aromatic N) is 6. The molecule has 2 heterocycles. The average Bonchev–Trinajstić information content (AvgIpc) is 3.53. The second-order valence-corrected chi connectivity index (χ2v) is 7.54. The van der Waals surface area contributed by atoms with Crippen molar-refractivity contribution in [3.05, 3.63) is 108 Å². The van der Waals surface area contributed by atoms with Crippen LogP contribution in [0.1, 0.15) is 26.8 Å². The lowest BCUT2D eigenvalue weighted by atomic mass is 10.2. The third kappa shape index (κ3) is 4.53. The molecule has 2 amide bonds. The molecular formula is C25H20N8O2. The van der Waals surface area contributed by atoms with E-state index in [1.807, 2.05) is 91.0 Å². The Kier molecular flexibility index (Phi) is 5.83. The number of nitrogens with one attached hydrogen (secondary N) is 2. The summed E-state index contributed by atoms with van der Waals surface area (Å²) in [5.41, 5.74) is 7.48. The van der Waals surface area contributed by atoms with Gasteiger partial charge in [-0.2, -0.15) is 9.90 Å². The van der Waals surface area contributed by atoms with Gasteiger partial charge in [-0.1, -0.05) is 66.7 Å². The molecule has 0 aliphatic carbocycles. The molecular weight excluding hydrogens is 444 g/mol. The Morgan fingerprint density at radius 2 is 1.26 bits per heavy atom. The third-order valence-electron chi connectivity index (χ3n) is 5.12. The highest BCUT2D eigenvalue weighted by atomic mass is 16.2. The van der Waals surface area contributed by atoms with Crippen molar-refractivity contribution in [2.75, 3.05) is 0 Å². The lowest BCUT2D eigenvalue weighted by molar-refractivity contribution is 0.0837. The molecule has 10 nitrogen and oxygen atoms in total. The molecule has 0 bridgehead atoms. The summed E-state index contributed by atoms with van der Waals surface area (Å²) in [7, 11) is 0. The number of carbonyl (C=O) groups excluding carboxylic acids is 2. The Morgan fingerprint density at radius 3 is 1.91 bits per heavy atom. The molecule has 0 unspecified atom stereocenters. The molecule has 35 heavy (non-hydrogen) atoms. The predicted octanol–water partition coefficient (Wildman–Crippen LogP) is 2.90. The molecule has 2 N–H and O–H groups in total.